The first-order chi connectivity index (χ1) is 18.2. The smallest absolute Gasteiger partial charge is 0.472 e. The highest BCUT2D eigenvalue weighted by atomic mass is 32.2. The van der Waals surface area contributed by atoms with Gasteiger partial charge in [0.15, 0.2) is 0 Å². The molecule has 4 rings (SSSR count). The minimum absolute atomic E-state index is 0.0569. The number of nitrogens with one attached hydrogen (secondary N) is 3. The Balaban J connectivity index is 1.24. The number of nitrogens with zero attached hydrogens (tertiary/aromatic N) is 1. The maximum atomic E-state index is 12.7. The first kappa shape index (κ1) is 27.1. The van der Waals surface area contributed by atoms with Crippen LogP contribution in [-0.4, -0.2) is 48.6 Å². The standard InChI is InChI=1S/C25H23F3N4O5S/c26-25(27,28)23(34)30-29-22(33)17-6-4-16(5-7-17)15-38-31-24(35)32-9-11-37-21(13-32)19-3-1-2-18(12-19)20-8-10-36-14-20/h1-8,10,12,14,21H,9,11,13,15H2,(H,29,33)(H,30,34)(H,31,35). The van der Waals surface area contributed by atoms with Gasteiger partial charge in [-0.2, -0.15) is 13.2 Å². The van der Waals surface area contributed by atoms with Gasteiger partial charge in [-0.3, -0.25) is 25.2 Å². The fourth-order valence-electron chi connectivity index (χ4n) is 3.64. The van der Waals surface area contributed by atoms with Crippen LogP contribution in [0.15, 0.2) is 71.5 Å². The molecule has 1 atom stereocenters. The molecular weight excluding hydrogens is 525 g/mol. The molecule has 1 aliphatic rings. The zero-order valence-electron chi connectivity index (χ0n) is 19.8. The molecular formula is C25H23F3N4O5S. The number of hydrogen-bond acceptors (Lipinski definition) is 6. The van der Waals surface area contributed by atoms with Crippen molar-refractivity contribution in [1.82, 2.24) is 20.5 Å². The lowest BCUT2D eigenvalue weighted by Gasteiger charge is -2.33. The van der Waals surface area contributed by atoms with E-state index in [2.05, 4.69) is 4.72 Å². The van der Waals surface area contributed by atoms with E-state index in [0.29, 0.717) is 25.4 Å². The molecule has 3 N–H and O–H groups in total. The van der Waals surface area contributed by atoms with Gasteiger partial charge in [0.1, 0.15) is 6.10 Å². The van der Waals surface area contributed by atoms with Crippen LogP contribution in [0.25, 0.3) is 11.1 Å². The number of furan rings is 1. The summed E-state index contributed by atoms with van der Waals surface area (Å²) in [5.74, 6) is -2.78. The highest BCUT2D eigenvalue weighted by Gasteiger charge is 2.39. The van der Waals surface area contributed by atoms with Gasteiger partial charge in [0.05, 0.1) is 25.7 Å². The van der Waals surface area contributed by atoms with E-state index in [1.165, 1.54) is 17.6 Å². The van der Waals surface area contributed by atoms with Crippen molar-refractivity contribution in [3.63, 3.8) is 0 Å². The van der Waals surface area contributed by atoms with E-state index in [9.17, 15) is 27.6 Å². The molecule has 0 spiro atoms. The molecule has 1 saturated heterocycles. The topological polar surface area (TPSA) is 113 Å². The highest BCUT2D eigenvalue weighted by molar-refractivity contribution is 7.97. The summed E-state index contributed by atoms with van der Waals surface area (Å²) >= 11 is 1.16. The minimum atomic E-state index is -5.10. The van der Waals surface area contributed by atoms with Gasteiger partial charge in [0.25, 0.3) is 5.91 Å². The van der Waals surface area contributed by atoms with E-state index >= 15 is 0 Å². The Labute approximate surface area is 219 Å². The summed E-state index contributed by atoms with van der Waals surface area (Å²) in [4.78, 5) is 37.1. The van der Waals surface area contributed by atoms with Crippen LogP contribution >= 0.6 is 11.9 Å². The van der Waals surface area contributed by atoms with E-state index in [4.69, 9.17) is 9.15 Å². The van der Waals surface area contributed by atoms with Gasteiger partial charge in [0.2, 0.25) is 0 Å². The molecule has 2 aromatic carbocycles. The number of hydrazine groups is 1. The van der Waals surface area contributed by atoms with Gasteiger partial charge in [-0.25, -0.2) is 4.79 Å². The van der Waals surface area contributed by atoms with Crippen LogP contribution in [0.3, 0.4) is 0 Å². The molecule has 0 aliphatic carbocycles. The lowest BCUT2D eigenvalue weighted by atomic mass is 10.0. The van der Waals surface area contributed by atoms with Crippen LogP contribution in [0, 0.1) is 0 Å². The number of amides is 4. The van der Waals surface area contributed by atoms with Crippen LogP contribution in [0.5, 0.6) is 0 Å². The van der Waals surface area contributed by atoms with Crippen LogP contribution < -0.4 is 15.6 Å². The van der Waals surface area contributed by atoms with Crippen molar-refractivity contribution in [2.75, 3.05) is 19.7 Å². The van der Waals surface area contributed by atoms with Crippen molar-refractivity contribution >= 4 is 29.8 Å². The molecule has 3 aromatic rings. The fraction of sp³-hybridized carbons (Fsp3) is 0.240. The highest BCUT2D eigenvalue weighted by Crippen LogP contribution is 2.27. The second-order valence-electron chi connectivity index (χ2n) is 8.24. The molecule has 200 valence electrons. The van der Waals surface area contributed by atoms with E-state index in [1.807, 2.05) is 30.3 Å². The van der Waals surface area contributed by atoms with Crippen molar-refractivity contribution < 1.29 is 36.7 Å². The third kappa shape index (κ3) is 7.07. The molecule has 1 unspecified atom stereocenters. The fourth-order valence-corrected chi connectivity index (χ4v) is 4.32. The Bertz CT molecular complexity index is 1270. The molecule has 1 aromatic heterocycles. The Morgan fingerprint density at radius 1 is 1.03 bits per heavy atom. The van der Waals surface area contributed by atoms with Crippen LogP contribution in [0.1, 0.15) is 27.6 Å². The summed E-state index contributed by atoms with van der Waals surface area (Å²) < 4.78 is 50.5. The van der Waals surface area contributed by atoms with Gasteiger partial charge in [-0.05, 0) is 52.9 Å². The summed E-state index contributed by atoms with van der Waals surface area (Å²) in [6.07, 6.45) is -2.10. The maximum Gasteiger partial charge on any atom is 0.472 e. The average Bonchev–Trinajstić information content (AvgIpc) is 3.47. The summed E-state index contributed by atoms with van der Waals surface area (Å²) in [6.45, 7) is 1.22. The van der Waals surface area contributed by atoms with Crippen molar-refractivity contribution in [1.29, 1.82) is 0 Å². The van der Waals surface area contributed by atoms with Crippen molar-refractivity contribution in [3.8, 4) is 11.1 Å². The Morgan fingerprint density at radius 2 is 1.82 bits per heavy atom. The van der Waals surface area contributed by atoms with Crippen molar-refractivity contribution in [2.24, 2.45) is 0 Å². The zero-order valence-corrected chi connectivity index (χ0v) is 20.6. The van der Waals surface area contributed by atoms with Crippen LogP contribution in [0.2, 0.25) is 0 Å². The largest absolute Gasteiger partial charge is 0.472 e. The third-order valence-electron chi connectivity index (χ3n) is 5.63. The number of benzene rings is 2. The number of carbonyl (C=O) groups excluding carboxylic acids is 3. The van der Waals surface area contributed by atoms with E-state index in [0.717, 1.165) is 34.2 Å². The number of halogens is 3. The van der Waals surface area contributed by atoms with Crippen LogP contribution in [-0.2, 0) is 15.3 Å². The molecule has 38 heavy (non-hydrogen) atoms. The minimum Gasteiger partial charge on any atom is -0.472 e. The normalized spacial score (nSPS) is 15.6. The number of urea groups is 1. The van der Waals surface area contributed by atoms with Gasteiger partial charge >= 0.3 is 18.1 Å². The number of carbonyl (C=O) groups is 3. The predicted octanol–water partition coefficient (Wildman–Crippen LogP) is 4.20. The molecule has 0 saturated carbocycles. The monoisotopic (exact) mass is 548 g/mol. The van der Waals surface area contributed by atoms with E-state index in [1.54, 1.807) is 35.0 Å². The predicted molar refractivity (Wildman–Crippen MR) is 132 cm³/mol. The maximum absolute atomic E-state index is 12.7. The van der Waals surface area contributed by atoms with Crippen LogP contribution in [0.4, 0.5) is 18.0 Å². The molecule has 1 fully saturated rings. The van der Waals surface area contributed by atoms with Gasteiger partial charge in [-0.1, -0.05) is 30.3 Å². The van der Waals surface area contributed by atoms with E-state index < -0.39 is 18.0 Å². The molecule has 9 nitrogen and oxygen atoms in total. The number of rotatable bonds is 6. The van der Waals surface area contributed by atoms with Crippen molar-refractivity contribution in [2.45, 2.75) is 18.0 Å². The molecule has 0 radical (unpaired) electrons. The lowest BCUT2D eigenvalue weighted by Crippen LogP contribution is -2.47. The van der Waals surface area contributed by atoms with Gasteiger partial charge in [-0.15, -0.1) is 0 Å². The van der Waals surface area contributed by atoms with Crippen molar-refractivity contribution in [3.05, 3.63) is 83.8 Å². The lowest BCUT2D eigenvalue weighted by molar-refractivity contribution is -0.174. The molecule has 1 aliphatic heterocycles. The SMILES string of the molecule is O=C(NNC(=O)C(F)(F)F)c1ccc(CSNC(=O)N2CCOC(c3cccc(-c4ccoc4)c3)C2)cc1. The number of hydrogen-bond donors (Lipinski definition) is 3. The molecule has 2 heterocycles. The third-order valence-corrected chi connectivity index (χ3v) is 6.42. The second kappa shape index (κ2) is 12.0. The summed E-state index contributed by atoms with van der Waals surface area (Å²) in [7, 11) is 0. The zero-order chi connectivity index (χ0) is 27.1. The number of morpholine rings is 1. The number of ether oxygens (including phenoxy) is 1. The molecule has 4 amide bonds. The van der Waals surface area contributed by atoms with E-state index in [-0.39, 0.29) is 17.7 Å². The average molecular weight is 549 g/mol. The van der Waals surface area contributed by atoms with Gasteiger partial charge < -0.3 is 14.1 Å². The number of alkyl halides is 3. The molecule has 13 heteroatoms. The Hall–Kier alpha value is -3.97. The first-order valence-corrected chi connectivity index (χ1v) is 12.4. The summed E-state index contributed by atoms with van der Waals surface area (Å²) in [5, 5.41) is 0. The summed E-state index contributed by atoms with van der Waals surface area (Å²) in [6, 6.07) is 15.5. The quantitative estimate of drug-likeness (QED) is 0.315. The molecule has 0 bridgehead atoms. The Morgan fingerprint density at radius 3 is 2.53 bits per heavy atom. The van der Waals surface area contributed by atoms with Gasteiger partial charge in [0, 0.05) is 23.4 Å². The second-order valence-corrected chi connectivity index (χ2v) is 9.02. The summed E-state index contributed by atoms with van der Waals surface area (Å²) in [5.41, 5.74) is 6.73. The Kier molecular flexibility index (Phi) is 8.59. The first-order valence-electron chi connectivity index (χ1n) is 11.4.